The molecule has 0 saturated heterocycles. The maximum absolute atomic E-state index is 2.49. The molecule has 9 aromatic rings. The van der Waals surface area contributed by atoms with Crippen LogP contribution in [0.1, 0.15) is 11.5 Å². The molecule has 2 unspecified atom stereocenters. The first-order chi connectivity index (χ1) is 30.7. The van der Waals surface area contributed by atoms with Crippen molar-refractivity contribution >= 4 is 28.4 Å². The molecule has 1 aliphatic carbocycles. The van der Waals surface area contributed by atoms with E-state index in [1.165, 1.54) is 72.6 Å². The molecule has 1 heterocycles. The van der Waals surface area contributed by atoms with E-state index >= 15 is 0 Å². The highest BCUT2D eigenvalue weighted by atomic mass is 15.2. The van der Waals surface area contributed by atoms with Crippen LogP contribution in [0.4, 0.5) is 28.4 Å². The number of rotatable bonds is 9. The standard InChI is InChI=1S/C60H44N2/c1-3-12-43(13-4-1)45-22-24-47(25-23-45)48-30-36-53(37-31-48)61(56-17-11-16-52(42-56)51-28-26-46(27-29-51)44-14-5-2-6-15-44)54-38-32-49(33-39-54)50-34-40-55(41-35-50)62-59-20-9-7-18-57(59)58-19-8-10-21-60(58)62/h1-42,57,59H. The summed E-state index contributed by atoms with van der Waals surface area (Å²) in [6, 6.07) is 83.9. The molecule has 62 heavy (non-hydrogen) atoms. The number of fused-ring (bicyclic) bond motifs is 3. The molecule has 0 bridgehead atoms. The van der Waals surface area contributed by atoms with Gasteiger partial charge in [0.05, 0.1) is 6.04 Å². The smallest absolute Gasteiger partial charge is 0.0629 e. The molecule has 9 aromatic carbocycles. The Balaban J connectivity index is 0.908. The van der Waals surface area contributed by atoms with Gasteiger partial charge in [0.25, 0.3) is 0 Å². The predicted octanol–water partition coefficient (Wildman–Crippen LogP) is 16.2. The number of para-hydroxylation sites is 1. The zero-order chi connectivity index (χ0) is 41.2. The van der Waals surface area contributed by atoms with E-state index in [0.29, 0.717) is 5.92 Å². The highest BCUT2D eigenvalue weighted by molar-refractivity contribution is 5.84. The van der Waals surface area contributed by atoms with Gasteiger partial charge in [-0.15, -0.1) is 0 Å². The second kappa shape index (κ2) is 16.3. The van der Waals surface area contributed by atoms with Gasteiger partial charge in [0.15, 0.2) is 0 Å². The summed E-state index contributed by atoms with van der Waals surface area (Å²) in [6.07, 6.45) is 9.02. The Morgan fingerprint density at radius 2 is 0.710 bits per heavy atom. The predicted molar refractivity (Wildman–Crippen MR) is 262 cm³/mol. The zero-order valence-electron chi connectivity index (χ0n) is 34.3. The number of anilines is 5. The van der Waals surface area contributed by atoms with Gasteiger partial charge >= 0.3 is 0 Å². The normalized spacial score (nSPS) is 14.9. The van der Waals surface area contributed by atoms with Crippen molar-refractivity contribution < 1.29 is 0 Å². The number of allylic oxidation sites excluding steroid dienone is 2. The van der Waals surface area contributed by atoms with Gasteiger partial charge in [0, 0.05) is 34.4 Å². The highest BCUT2D eigenvalue weighted by Gasteiger charge is 2.36. The minimum Gasteiger partial charge on any atom is -0.333 e. The lowest BCUT2D eigenvalue weighted by Gasteiger charge is -2.29. The van der Waals surface area contributed by atoms with Crippen LogP contribution in [0, 0.1) is 0 Å². The van der Waals surface area contributed by atoms with Crippen LogP contribution in [0.3, 0.4) is 0 Å². The molecular formula is C60H44N2. The molecule has 0 N–H and O–H groups in total. The first kappa shape index (κ1) is 37.1. The summed E-state index contributed by atoms with van der Waals surface area (Å²) in [5.41, 5.74) is 19.2. The van der Waals surface area contributed by atoms with E-state index in [1.54, 1.807) is 0 Å². The molecule has 0 fully saturated rings. The maximum Gasteiger partial charge on any atom is 0.0629 e. The average molecular weight is 793 g/mol. The van der Waals surface area contributed by atoms with Gasteiger partial charge in [-0.05, 0) is 116 Å². The monoisotopic (exact) mass is 792 g/mol. The first-order valence-corrected chi connectivity index (χ1v) is 21.5. The Bertz CT molecular complexity index is 3020. The van der Waals surface area contributed by atoms with Crippen LogP contribution in [0.25, 0.3) is 55.6 Å². The van der Waals surface area contributed by atoms with Gasteiger partial charge in [0.1, 0.15) is 0 Å². The van der Waals surface area contributed by atoms with E-state index < -0.39 is 0 Å². The molecule has 1 aliphatic heterocycles. The fraction of sp³-hybridized carbons (Fsp3) is 0.0333. The van der Waals surface area contributed by atoms with Crippen LogP contribution >= 0.6 is 0 Å². The van der Waals surface area contributed by atoms with Gasteiger partial charge in [0.2, 0.25) is 0 Å². The van der Waals surface area contributed by atoms with Crippen molar-refractivity contribution in [2.75, 3.05) is 9.80 Å². The average Bonchev–Trinajstić information content (AvgIpc) is 3.70. The molecule has 294 valence electrons. The van der Waals surface area contributed by atoms with Crippen molar-refractivity contribution in [2.45, 2.75) is 12.0 Å². The van der Waals surface area contributed by atoms with Crippen LogP contribution in [0.2, 0.25) is 0 Å². The van der Waals surface area contributed by atoms with Gasteiger partial charge < -0.3 is 9.80 Å². The largest absolute Gasteiger partial charge is 0.333 e. The van der Waals surface area contributed by atoms with E-state index in [4.69, 9.17) is 0 Å². The topological polar surface area (TPSA) is 6.48 Å². The summed E-state index contributed by atoms with van der Waals surface area (Å²) in [5, 5.41) is 0. The summed E-state index contributed by atoms with van der Waals surface area (Å²) in [6.45, 7) is 0. The Morgan fingerprint density at radius 1 is 0.306 bits per heavy atom. The molecule has 0 radical (unpaired) electrons. The van der Waals surface area contributed by atoms with Gasteiger partial charge in [-0.1, -0.05) is 200 Å². The molecule has 2 heteroatoms. The summed E-state index contributed by atoms with van der Waals surface area (Å²) in [4.78, 5) is 4.85. The second-order valence-electron chi connectivity index (χ2n) is 16.1. The van der Waals surface area contributed by atoms with Crippen LogP contribution in [-0.4, -0.2) is 6.04 Å². The van der Waals surface area contributed by atoms with Gasteiger partial charge in [-0.25, -0.2) is 0 Å². The van der Waals surface area contributed by atoms with Crippen molar-refractivity contribution in [3.63, 3.8) is 0 Å². The maximum atomic E-state index is 2.49. The van der Waals surface area contributed by atoms with Crippen molar-refractivity contribution in [3.05, 3.63) is 260 Å². The molecular weight excluding hydrogens is 749 g/mol. The molecule has 2 aliphatic rings. The van der Waals surface area contributed by atoms with E-state index in [9.17, 15) is 0 Å². The first-order valence-electron chi connectivity index (χ1n) is 21.5. The third kappa shape index (κ3) is 7.12. The van der Waals surface area contributed by atoms with Crippen LogP contribution < -0.4 is 9.80 Å². The van der Waals surface area contributed by atoms with Crippen molar-refractivity contribution in [3.8, 4) is 55.6 Å². The Labute approximate surface area is 364 Å². The van der Waals surface area contributed by atoms with E-state index in [-0.39, 0.29) is 6.04 Å². The van der Waals surface area contributed by atoms with E-state index in [0.717, 1.165) is 17.1 Å². The number of benzene rings is 9. The lowest BCUT2D eigenvalue weighted by atomic mass is 9.91. The van der Waals surface area contributed by atoms with Crippen LogP contribution in [0.5, 0.6) is 0 Å². The lowest BCUT2D eigenvalue weighted by molar-refractivity contribution is 0.745. The van der Waals surface area contributed by atoms with Crippen molar-refractivity contribution in [2.24, 2.45) is 0 Å². The summed E-state index contributed by atoms with van der Waals surface area (Å²) < 4.78 is 0. The zero-order valence-corrected chi connectivity index (χ0v) is 34.3. The van der Waals surface area contributed by atoms with Crippen molar-refractivity contribution in [1.82, 2.24) is 0 Å². The van der Waals surface area contributed by atoms with Gasteiger partial charge in [-0.3, -0.25) is 0 Å². The summed E-state index contributed by atoms with van der Waals surface area (Å²) >= 11 is 0. The third-order valence-electron chi connectivity index (χ3n) is 12.4. The summed E-state index contributed by atoms with van der Waals surface area (Å²) in [5.74, 6) is 0.370. The molecule has 0 saturated carbocycles. The highest BCUT2D eigenvalue weighted by Crippen LogP contribution is 2.48. The minimum absolute atomic E-state index is 0.287. The Hall–Kier alpha value is -7.94. The second-order valence-corrected chi connectivity index (χ2v) is 16.1. The van der Waals surface area contributed by atoms with Crippen LogP contribution in [-0.2, 0) is 0 Å². The van der Waals surface area contributed by atoms with Crippen molar-refractivity contribution in [1.29, 1.82) is 0 Å². The quantitative estimate of drug-likeness (QED) is 0.144. The molecule has 11 rings (SSSR count). The van der Waals surface area contributed by atoms with Gasteiger partial charge in [-0.2, -0.15) is 0 Å². The molecule has 2 nitrogen and oxygen atoms in total. The molecule has 0 amide bonds. The molecule has 2 atom stereocenters. The molecule has 0 aromatic heterocycles. The Kier molecular flexibility index (Phi) is 9.72. The summed E-state index contributed by atoms with van der Waals surface area (Å²) in [7, 11) is 0. The number of hydrogen-bond acceptors (Lipinski definition) is 2. The fourth-order valence-electron chi connectivity index (χ4n) is 9.25. The van der Waals surface area contributed by atoms with E-state index in [1.807, 2.05) is 0 Å². The minimum atomic E-state index is 0.287. The van der Waals surface area contributed by atoms with Crippen LogP contribution in [0.15, 0.2) is 255 Å². The Morgan fingerprint density at radius 3 is 1.24 bits per heavy atom. The lowest BCUT2D eigenvalue weighted by Crippen LogP contribution is -2.28. The SMILES string of the molecule is C1=CC2c3ccccc3N(c3ccc(-c4ccc(N(c5ccc(-c6ccc(-c7ccccc7)cc6)cc5)c5cccc(-c6ccc(-c7ccccc7)cc6)c5)cc4)cc3)C2C=C1. The fourth-order valence-corrected chi connectivity index (χ4v) is 9.25. The molecule has 0 spiro atoms. The van der Waals surface area contributed by atoms with E-state index in [2.05, 4.69) is 265 Å². The third-order valence-corrected chi connectivity index (χ3v) is 12.4. The number of hydrogen-bond donors (Lipinski definition) is 0. The number of nitrogens with zero attached hydrogens (tertiary/aromatic N) is 2.